The van der Waals surface area contributed by atoms with E-state index in [2.05, 4.69) is 21.4 Å². The topological polar surface area (TPSA) is 132 Å². The van der Waals surface area contributed by atoms with Gasteiger partial charge in [0.15, 0.2) is 5.65 Å². The van der Waals surface area contributed by atoms with Crippen LogP contribution in [0.2, 0.25) is 0 Å². The summed E-state index contributed by atoms with van der Waals surface area (Å²) in [6, 6.07) is 4.66. The third-order valence-corrected chi connectivity index (χ3v) is 5.51. The standard InChI is InChI=1S/C20H20FN7O2/c1-3-27-16-9-24-19(25-15-7-14(21)13(17(23)29)4-10(15)2)26-18(16)28(20(27)30)12-5-11(6-12)8-22/h4,7,9,11-12H,3,5-6H2,1-2H3,(H2,23,29)(H,24,25,26)/t11-,12-. The number of anilines is 2. The Hall–Kier alpha value is -3.74. The molecule has 0 bridgehead atoms. The Labute approximate surface area is 171 Å². The van der Waals surface area contributed by atoms with Gasteiger partial charge in [0, 0.05) is 18.3 Å². The summed E-state index contributed by atoms with van der Waals surface area (Å²) in [5, 5.41) is 12.0. The molecule has 1 amide bonds. The highest BCUT2D eigenvalue weighted by Gasteiger charge is 2.34. The molecule has 0 unspecified atom stereocenters. The molecule has 3 N–H and O–H groups in total. The number of hydrogen-bond acceptors (Lipinski definition) is 6. The Morgan fingerprint density at radius 3 is 2.80 bits per heavy atom. The van der Waals surface area contributed by atoms with Gasteiger partial charge in [0.2, 0.25) is 5.95 Å². The van der Waals surface area contributed by atoms with Gasteiger partial charge in [0.05, 0.1) is 23.7 Å². The lowest BCUT2D eigenvalue weighted by Crippen LogP contribution is -2.34. The molecule has 2 heterocycles. The third-order valence-electron chi connectivity index (χ3n) is 5.51. The van der Waals surface area contributed by atoms with Crippen LogP contribution >= 0.6 is 0 Å². The number of carbonyl (C=O) groups excluding carboxylic acids is 1. The number of nitrogens with two attached hydrogens (primary N) is 1. The molecule has 9 nitrogen and oxygen atoms in total. The fourth-order valence-corrected chi connectivity index (χ4v) is 3.78. The molecule has 0 radical (unpaired) electrons. The number of rotatable bonds is 5. The highest BCUT2D eigenvalue weighted by molar-refractivity contribution is 5.94. The van der Waals surface area contributed by atoms with E-state index in [1.165, 1.54) is 6.07 Å². The number of halogens is 1. The van der Waals surface area contributed by atoms with Gasteiger partial charge in [0.25, 0.3) is 5.91 Å². The molecule has 0 atom stereocenters. The molecule has 1 saturated carbocycles. The number of hydrogen-bond donors (Lipinski definition) is 2. The average Bonchev–Trinajstić information content (AvgIpc) is 2.94. The van der Waals surface area contributed by atoms with E-state index in [0.29, 0.717) is 41.8 Å². The van der Waals surface area contributed by atoms with Gasteiger partial charge in [-0.15, -0.1) is 0 Å². The van der Waals surface area contributed by atoms with Crippen molar-refractivity contribution in [2.75, 3.05) is 5.32 Å². The zero-order valence-corrected chi connectivity index (χ0v) is 16.5. The molecule has 10 heteroatoms. The summed E-state index contributed by atoms with van der Waals surface area (Å²) in [4.78, 5) is 33.0. The van der Waals surface area contributed by atoms with Gasteiger partial charge in [-0.2, -0.15) is 10.2 Å². The van der Waals surface area contributed by atoms with Gasteiger partial charge in [-0.3, -0.25) is 13.9 Å². The number of nitriles is 1. The molecule has 1 aromatic carbocycles. The maximum atomic E-state index is 14.2. The van der Waals surface area contributed by atoms with E-state index in [1.807, 2.05) is 6.92 Å². The highest BCUT2D eigenvalue weighted by Crippen LogP contribution is 2.38. The summed E-state index contributed by atoms with van der Waals surface area (Å²) in [6.07, 6.45) is 2.76. The van der Waals surface area contributed by atoms with Crippen LogP contribution in [0, 0.1) is 30.0 Å². The molecule has 154 valence electrons. The number of aromatic nitrogens is 4. The number of carbonyl (C=O) groups is 1. The second-order valence-electron chi connectivity index (χ2n) is 7.39. The lowest BCUT2D eigenvalue weighted by molar-refractivity contribution is 0.0996. The first kappa shape index (κ1) is 19.6. The second-order valence-corrected chi connectivity index (χ2v) is 7.39. The molecular weight excluding hydrogens is 389 g/mol. The van der Waals surface area contributed by atoms with E-state index in [0.717, 1.165) is 6.07 Å². The van der Waals surface area contributed by atoms with Gasteiger partial charge >= 0.3 is 5.69 Å². The van der Waals surface area contributed by atoms with Crippen molar-refractivity contribution in [3.63, 3.8) is 0 Å². The van der Waals surface area contributed by atoms with E-state index in [4.69, 9.17) is 11.0 Å². The van der Waals surface area contributed by atoms with Crippen LogP contribution < -0.4 is 16.7 Å². The minimum Gasteiger partial charge on any atom is -0.366 e. The molecule has 0 aliphatic heterocycles. The van der Waals surface area contributed by atoms with Crippen LogP contribution in [-0.4, -0.2) is 25.0 Å². The van der Waals surface area contributed by atoms with Crippen molar-refractivity contribution in [3.05, 3.63) is 45.8 Å². The van der Waals surface area contributed by atoms with Crippen molar-refractivity contribution < 1.29 is 9.18 Å². The predicted octanol–water partition coefficient (Wildman–Crippen LogP) is 2.38. The molecule has 1 aliphatic rings. The van der Waals surface area contributed by atoms with Gasteiger partial charge in [-0.1, -0.05) is 0 Å². The number of nitrogens with zero attached hydrogens (tertiary/aromatic N) is 5. The van der Waals surface area contributed by atoms with Crippen LogP contribution in [0.4, 0.5) is 16.0 Å². The van der Waals surface area contributed by atoms with Crippen LogP contribution in [0.3, 0.4) is 0 Å². The van der Waals surface area contributed by atoms with E-state index in [-0.39, 0.29) is 29.2 Å². The van der Waals surface area contributed by atoms with Crippen molar-refractivity contribution in [2.45, 2.75) is 39.3 Å². The van der Waals surface area contributed by atoms with Crippen molar-refractivity contribution in [2.24, 2.45) is 11.7 Å². The van der Waals surface area contributed by atoms with E-state index < -0.39 is 11.7 Å². The normalized spacial score (nSPS) is 18.1. The molecule has 1 fully saturated rings. The minimum atomic E-state index is -0.846. The van der Waals surface area contributed by atoms with Gasteiger partial charge in [-0.25, -0.2) is 14.2 Å². The third kappa shape index (κ3) is 3.08. The first-order chi connectivity index (χ1) is 14.3. The monoisotopic (exact) mass is 409 g/mol. The lowest BCUT2D eigenvalue weighted by Gasteiger charge is -2.31. The summed E-state index contributed by atoms with van der Waals surface area (Å²) in [6.45, 7) is 4.03. The summed E-state index contributed by atoms with van der Waals surface area (Å²) in [7, 11) is 0. The predicted molar refractivity (Wildman–Crippen MR) is 108 cm³/mol. The molecular formula is C20H20FN7O2. The Bertz CT molecular complexity index is 1260. The number of aryl methyl sites for hydroxylation is 2. The molecule has 0 saturated heterocycles. The number of nitrogens with one attached hydrogen (secondary N) is 1. The Morgan fingerprint density at radius 1 is 1.43 bits per heavy atom. The van der Waals surface area contributed by atoms with E-state index >= 15 is 0 Å². The molecule has 30 heavy (non-hydrogen) atoms. The zero-order chi connectivity index (χ0) is 21.6. The molecule has 0 spiro atoms. The fourth-order valence-electron chi connectivity index (χ4n) is 3.78. The van der Waals surface area contributed by atoms with Gasteiger partial charge in [0.1, 0.15) is 11.3 Å². The molecule has 3 aromatic rings. The SMILES string of the molecule is CCn1c(=O)n([C@H]2C[C@H](C#N)C2)c2nc(Nc3cc(F)c(C(N)=O)cc3C)ncc21. The zero-order valence-electron chi connectivity index (χ0n) is 16.5. The summed E-state index contributed by atoms with van der Waals surface area (Å²) in [5.74, 6) is -1.46. The number of benzene rings is 1. The highest BCUT2D eigenvalue weighted by atomic mass is 19.1. The number of fused-ring (bicyclic) bond motifs is 1. The van der Waals surface area contributed by atoms with Crippen molar-refractivity contribution in [1.82, 2.24) is 19.1 Å². The smallest absolute Gasteiger partial charge is 0.330 e. The second kappa shape index (κ2) is 7.26. The van der Waals surface area contributed by atoms with E-state index in [1.54, 1.807) is 22.3 Å². The minimum absolute atomic E-state index is 0.0595. The first-order valence-corrected chi connectivity index (χ1v) is 9.58. The Morgan fingerprint density at radius 2 is 2.17 bits per heavy atom. The van der Waals surface area contributed by atoms with Crippen LogP contribution in [0.15, 0.2) is 23.1 Å². The van der Waals surface area contributed by atoms with Crippen LogP contribution in [0.5, 0.6) is 0 Å². The summed E-state index contributed by atoms with van der Waals surface area (Å²) in [5.41, 5.74) is 6.84. The lowest BCUT2D eigenvalue weighted by atomic mass is 9.81. The van der Waals surface area contributed by atoms with E-state index in [9.17, 15) is 14.0 Å². The summed E-state index contributed by atoms with van der Waals surface area (Å²) < 4.78 is 17.4. The Balaban J connectivity index is 1.75. The molecule has 2 aromatic heterocycles. The maximum absolute atomic E-state index is 14.2. The van der Waals surface area contributed by atoms with Gasteiger partial charge in [-0.05, 0) is 44.4 Å². The van der Waals surface area contributed by atoms with Crippen molar-refractivity contribution >= 4 is 28.7 Å². The van der Waals surface area contributed by atoms with Crippen molar-refractivity contribution in [1.29, 1.82) is 5.26 Å². The Kier molecular flexibility index (Phi) is 4.73. The quantitative estimate of drug-likeness (QED) is 0.665. The van der Waals surface area contributed by atoms with Crippen LogP contribution in [0.1, 0.15) is 41.7 Å². The number of amides is 1. The average molecular weight is 409 g/mol. The maximum Gasteiger partial charge on any atom is 0.330 e. The van der Waals surface area contributed by atoms with Crippen molar-refractivity contribution in [3.8, 4) is 6.07 Å². The largest absolute Gasteiger partial charge is 0.366 e. The number of imidazole rings is 1. The summed E-state index contributed by atoms with van der Waals surface area (Å²) >= 11 is 0. The fraction of sp³-hybridized carbons (Fsp3) is 0.350. The van der Waals surface area contributed by atoms with Crippen LogP contribution in [0.25, 0.3) is 11.2 Å². The van der Waals surface area contributed by atoms with Crippen LogP contribution in [-0.2, 0) is 6.54 Å². The van der Waals surface area contributed by atoms with Gasteiger partial charge < -0.3 is 11.1 Å². The first-order valence-electron chi connectivity index (χ1n) is 9.58. The molecule has 4 rings (SSSR count). The molecule has 1 aliphatic carbocycles. The number of primary amides is 1.